The minimum Gasteiger partial charge on any atom is -0.417 e. The van der Waals surface area contributed by atoms with E-state index < -0.39 is 0 Å². The minimum atomic E-state index is -0.287. The van der Waals surface area contributed by atoms with Crippen LogP contribution in [0.3, 0.4) is 0 Å². The molecule has 0 spiro atoms. The maximum absolute atomic E-state index is 5.53. The highest BCUT2D eigenvalue weighted by Gasteiger charge is 2.13. The molecule has 0 amide bonds. The lowest BCUT2D eigenvalue weighted by Crippen LogP contribution is -2.21. The average molecular weight is 295 g/mol. The van der Waals surface area contributed by atoms with Crippen LogP contribution in [-0.2, 0) is 10.8 Å². The molecule has 0 aromatic heterocycles. The summed E-state index contributed by atoms with van der Waals surface area (Å²) in [4.78, 5) is 0. The quantitative estimate of drug-likeness (QED) is 0.656. The number of hydrogen-bond donors (Lipinski definition) is 0. The first-order chi connectivity index (χ1) is 10.4. The zero-order chi connectivity index (χ0) is 14.5. The lowest BCUT2D eigenvalue weighted by Gasteiger charge is -2.17. The van der Waals surface area contributed by atoms with Crippen LogP contribution in [-0.4, -0.2) is 15.6 Å². The van der Waals surface area contributed by atoms with E-state index in [2.05, 4.69) is 55.5 Å². The summed E-state index contributed by atoms with van der Waals surface area (Å²) in [6, 6.07) is 15.7. The number of benzene rings is 2. The van der Waals surface area contributed by atoms with Gasteiger partial charge in [-0.25, -0.2) is 0 Å². The third kappa shape index (κ3) is 3.45. The van der Waals surface area contributed by atoms with Crippen LogP contribution >= 0.6 is 0 Å². The number of rotatable bonds is 1. The van der Waals surface area contributed by atoms with Gasteiger partial charge in [0.2, 0.25) is 9.04 Å². The first-order valence-electron chi connectivity index (χ1n) is 8.03. The summed E-state index contributed by atoms with van der Waals surface area (Å²) in [6.07, 6.45) is 8.25. The van der Waals surface area contributed by atoms with Crippen molar-refractivity contribution in [1.82, 2.24) is 0 Å². The Morgan fingerprint density at radius 3 is 2.67 bits per heavy atom. The molecule has 1 heterocycles. The van der Waals surface area contributed by atoms with E-state index in [1.54, 1.807) is 0 Å². The fourth-order valence-corrected chi connectivity index (χ4v) is 4.84. The third-order valence-corrected chi connectivity index (χ3v) is 6.52. The van der Waals surface area contributed by atoms with Crippen LogP contribution in [0.1, 0.15) is 30.9 Å². The summed E-state index contributed by atoms with van der Waals surface area (Å²) >= 11 is 0. The van der Waals surface area contributed by atoms with E-state index in [4.69, 9.17) is 4.43 Å². The maximum atomic E-state index is 5.53. The van der Waals surface area contributed by atoms with Gasteiger partial charge in [-0.3, -0.25) is 0 Å². The summed E-state index contributed by atoms with van der Waals surface area (Å²) in [5.74, 6) is 0. The summed E-state index contributed by atoms with van der Waals surface area (Å²) in [5, 5.41) is 2.80. The third-order valence-electron chi connectivity index (χ3n) is 4.21. The van der Waals surface area contributed by atoms with Crippen molar-refractivity contribution >= 4 is 25.9 Å². The highest BCUT2D eigenvalue weighted by molar-refractivity contribution is 6.51. The molecule has 0 bridgehead atoms. The molecule has 4 rings (SSSR count). The normalized spacial score (nSPS) is 17.4. The second-order valence-corrected chi connectivity index (χ2v) is 8.24. The Kier molecular flexibility index (Phi) is 4.89. The van der Waals surface area contributed by atoms with Gasteiger partial charge in [0.1, 0.15) is 0 Å². The van der Waals surface area contributed by atoms with Gasteiger partial charge in [0.25, 0.3) is 0 Å². The van der Waals surface area contributed by atoms with E-state index in [1.165, 1.54) is 46.8 Å². The van der Waals surface area contributed by atoms with Crippen molar-refractivity contribution in [1.29, 1.82) is 0 Å². The van der Waals surface area contributed by atoms with Gasteiger partial charge in [0.05, 0.1) is 0 Å². The van der Waals surface area contributed by atoms with Crippen molar-refractivity contribution in [3.05, 3.63) is 53.6 Å². The molecule has 1 nitrogen and oxygen atoms in total. The molecule has 2 aliphatic rings. The standard InChI is InChI=1S/C13H10.C6H13OSi/c1-4-10-6-2-8-12-9-3-7-11(5-1)13(10)12;1-2-8-6-4-3-5-7-8/h1-8H,9H2;2-6H2,1H3. The molecular weight excluding hydrogens is 272 g/mol. The lowest BCUT2D eigenvalue weighted by atomic mass is 9.93. The van der Waals surface area contributed by atoms with E-state index in [1.807, 2.05) is 0 Å². The van der Waals surface area contributed by atoms with Gasteiger partial charge in [-0.2, -0.15) is 0 Å². The molecule has 0 saturated carbocycles. The van der Waals surface area contributed by atoms with Crippen LogP contribution in [0, 0.1) is 0 Å². The van der Waals surface area contributed by atoms with Gasteiger partial charge >= 0.3 is 0 Å². The molecular formula is C19H23OSi. The molecule has 1 radical (unpaired) electrons. The molecule has 1 saturated heterocycles. The first-order valence-corrected chi connectivity index (χ1v) is 9.85. The zero-order valence-electron chi connectivity index (χ0n) is 12.8. The summed E-state index contributed by atoms with van der Waals surface area (Å²) in [7, 11) is -0.287. The monoisotopic (exact) mass is 295 g/mol. The molecule has 1 fully saturated rings. The molecule has 2 aromatic rings. The van der Waals surface area contributed by atoms with E-state index in [0.29, 0.717) is 0 Å². The predicted molar refractivity (Wildman–Crippen MR) is 92.9 cm³/mol. The Morgan fingerprint density at radius 1 is 1.10 bits per heavy atom. The molecule has 109 valence electrons. The van der Waals surface area contributed by atoms with Crippen molar-refractivity contribution in [2.24, 2.45) is 0 Å². The van der Waals surface area contributed by atoms with Crippen LogP contribution < -0.4 is 0 Å². The topological polar surface area (TPSA) is 9.23 Å². The Bertz CT molecular complexity index is 621. The lowest BCUT2D eigenvalue weighted by molar-refractivity contribution is 0.287. The molecule has 0 atom stereocenters. The number of allylic oxidation sites excluding steroid dienone is 1. The summed E-state index contributed by atoms with van der Waals surface area (Å²) < 4.78 is 5.53. The van der Waals surface area contributed by atoms with E-state index >= 15 is 0 Å². The van der Waals surface area contributed by atoms with E-state index in [-0.39, 0.29) is 9.04 Å². The second kappa shape index (κ2) is 7.06. The van der Waals surface area contributed by atoms with Gasteiger partial charge in [0.15, 0.2) is 0 Å². The summed E-state index contributed by atoms with van der Waals surface area (Å²) in [6.45, 7) is 3.28. The minimum absolute atomic E-state index is 0.287. The van der Waals surface area contributed by atoms with Crippen LogP contribution in [0.15, 0.2) is 42.5 Å². The molecule has 2 aromatic carbocycles. The number of hydrogen-bond acceptors (Lipinski definition) is 1. The highest BCUT2D eigenvalue weighted by Crippen LogP contribution is 2.27. The van der Waals surface area contributed by atoms with Crippen LogP contribution in [0.5, 0.6) is 0 Å². The van der Waals surface area contributed by atoms with Crippen molar-refractivity contribution in [3.63, 3.8) is 0 Å². The molecule has 0 unspecified atom stereocenters. The van der Waals surface area contributed by atoms with Gasteiger partial charge in [-0.05, 0) is 46.8 Å². The second-order valence-electron chi connectivity index (χ2n) is 5.67. The fourth-order valence-electron chi connectivity index (χ4n) is 3.06. The zero-order valence-corrected chi connectivity index (χ0v) is 13.8. The van der Waals surface area contributed by atoms with E-state index in [9.17, 15) is 0 Å². The highest BCUT2D eigenvalue weighted by atomic mass is 28.3. The Balaban J connectivity index is 0.000000143. The van der Waals surface area contributed by atoms with E-state index in [0.717, 1.165) is 13.0 Å². The molecule has 2 heteroatoms. The Labute approximate surface area is 129 Å². The van der Waals surface area contributed by atoms with Crippen molar-refractivity contribution in [3.8, 4) is 0 Å². The van der Waals surface area contributed by atoms with Crippen molar-refractivity contribution in [2.45, 2.75) is 38.3 Å². The molecule has 21 heavy (non-hydrogen) atoms. The molecule has 1 aliphatic heterocycles. The Morgan fingerprint density at radius 2 is 1.95 bits per heavy atom. The smallest absolute Gasteiger partial charge is 0.211 e. The van der Waals surface area contributed by atoms with Crippen molar-refractivity contribution < 1.29 is 4.43 Å². The average Bonchev–Trinajstić information content (AvgIpc) is 2.57. The largest absolute Gasteiger partial charge is 0.417 e. The maximum Gasteiger partial charge on any atom is 0.211 e. The van der Waals surface area contributed by atoms with Gasteiger partial charge in [0, 0.05) is 6.61 Å². The molecule has 0 N–H and O–H groups in total. The summed E-state index contributed by atoms with van der Waals surface area (Å²) in [5.41, 5.74) is 2.81. The first kappa shape index (κ1) is 14.5. The molecule has 1 aliphatic carbocycles. The fraction of sp³-hybridized carbons (Fsp3) is 0.368. The van der Waals surface area contributed by atoms with Gasteiger partial charge in [-0.15, -0.1) is 0 Å². The van der Waals surface area contributed by atoms with Crippen LogP contribution in [0.2, 0.25) is 12.1 Å². The van der Waals surface area contributed by atoms with Crippen LogP contribution in [0.25, 0.3) is 16.8 Å². The Hall–Kier alpha value is -1.38. The van der Waals surface area contributed by atoms with Gasteiger partial charge < -0.3 is 4.43 Å². The predicted octanol–water partition coefficient (Wildman–Crippen LogP) is 5.22. The van der Waals surface area contributed by atoms with Gasteiger partial charge in [-0.1, -0.05) is 61.9 Å². The van der Waals surface area contributed by atoms with Crippen LogP contribution in [0.4, 0.5) is 0 Å². The SMILES string of the molecule is C1=Cc2cccc3cccc(c23)C1.CC[Si]1CCCCO1. The van der Waals surface area contributed by atoms with Crippen molar-refractivity contribution in [2.75, 3.05) is 6.61 Å².